The smallest absolute Gasteiger partial charge is 0.267 e. The second kappa shape index (κ2) is 7.26. The van der Waals surface area contributed by atoms with E-state index in [9.17, 15) is 4.79 Å². The lowest BCUT2D eigenvalue weighted by Crippen LogP contribution is -2.32. The Morgan fingerprint density at radius 1 is 1.20 bits per heavy atom. The Labute approximate surface area is 153 Å². The molecule has 4 rings (SSSR count). The Kier molecular flexibility index (Phi) is 4.86. The van der Waals surface area contributed by atoms with Gasteiger partial charge in [0.1, 0.15) is 4.88 Å². The lowest BCUT2D eigenvalue weighted by Gasteiger charge is -2.30. The molecule has 1 aliphatic heterocycles. The number of rotatable bonds is 5. The molecule has 1 N–H and O–H groups in total. The summed E-state index contributed by atoms with van der Waals surface area (Å²) in [6, 6.07) is 8.25. The lowest BCUT2D eigenvalue weighted by molar-refractivity contribution is 0.103. The summed E-state index contributed by atoms with van der Waals surface area (Å²) >= 11 is 1.53. The summed E-state index contributed by atoms with van der Waals surface area (Å²) in [5.41, 5.74) is 2.16. The number of likely N-dealkylation sites (tertiary alicyclic amines) is 1. The van der Waals surface area contributed by atoms with Gasteiger partial charge in [0.05, 0.1) is 11.2 Å². The molecule has 0 bridgehead atoms. The summed E-state index contributed by atoms with van der Waals surface area (Å²) in [6.45, 7) is 5.72. The zero-order valence-electron chi connectivity index (χ0n) is 14.7. The largest absolute Gasteiger partial charge is 0.321 e. The van der Waals surface area contributed by atoms with Crippen LogP contribution in [0.5, 0.6) is 0 Å². The molecule has 1 saturated carbocycles. The van der Waals surface area contributed by atoms with Crippen molar-refractivity contribution >= 4 is 22.9 Å². The van der Waals surface area contributed by atoms with Crippen LogP contribution in [0.15, 0.2) is 30.5 Å². The van der Waals surface area contributed by atoms with Crippen LogP contribution in [0.1, 0.15) is 58.8 Å². The van der Waals surface area contributed by atoms with Crippen molar-refractivity contribution in [2.24, 2.45) is 5.92 Å². The SMILES string of the molecule is CC1CCN(Cc2ccc(NC(=O)c3cnc(C4CC4)s3)cc2)CC1. The molecule has 0 radical (unpaired) electrons. The molecule has 2 aromatic rings. The summed E-state index contributed by atoms with van der Waals surface area (Å²) in [5.74, 6) is 1.41. The Balaban J connectivity index is 1.32. The molecule has 0 unspecified atom stereocenters. The molecule has 2 heterocycles. The Morgan fingerprint density at radius 2 is 1.92 bits per heavy atom. The van der Waals surface area contributed by atoms with Crippen molar-refractivity contribution < 1.29 is 4.79 Å². The fourth-order valence-corrected chi connectivity index (χ4v) is 4.26. The molecule has 1 aromatic carbocycles. The lowest BCUT2D eigenvalue weighted by atomic mass is 9.99. The standard InChI is InChI=1S/C20H25N3OS/c1-14-8-10-23(11-9-14)13-15-2-6-17(7-3-15)22-19(24)18-12-21-20(25-18)16-4-5-16/h2-3,6-7,12,14,16H,4-5,8-11,13H2,1H3,(H,22,24). The number of anilines is 1. The molecule has 5 heteroatoms. The molecule has 132 valence electrons. The highest BCUT2D eigenvalue weighted by atomic mass is 32.1. The van der Waals surface area contributed by atoms with Crippen molar-refractivity contribution in [3.63, 3.8) is 0 Å². The van der Waals surface area contributed by atoms with Gasteiger partial charge in [-0.2, -0.15) is 0 Å². The molecule has 0 atom stereocenters. The molecule has 1 aliphatic carbocycles. The van der Waals surface area contributed by atoms with Gasteiger partial charge in [-0.15, -0.1) is 11.3 Å². The molecule has 4 nitrogen and oxygen atoms in total. The van der Waals surface area contributed by atoms with Crippen molar-refractivity contribution in [2.75, 3.05) is 18.4 Å². The van der Waals surface area contributed by atoms with E-state index in [1.54, 1.807) is 6.20 Å². The minimum absolute atomic E-state index is 0.0535. The van der Waals surface area contributed by atoms with Gasteiger partial charge in [-0.1, -0.05) is 19.1 Å². The maximum absolute atomic E-state index is 12.4. The third-order valence-corrected chi connectivity index (χ3v) is 6.33. The zero-order chi connectivity index (χ0) is 17.2. The average molecular weight is 356 g/mol. The van der Waals surface area contributed by atoms with E-state index >= 15 is 0 Å². The summed E-state index contributed by atoms with van der Waals surface area (Å²) in [6.07, 6.45) is 6.73. The molecular formula is C20H25N3OS. The Bertz CT molecular complexity index is 728. The van der Waals surface area contributed by atoms with Crippen molar-refractivity contribution in [3.8, 4) is 0 Å². The maximum Gasteiger partial charge on any atom is 0.267 e. The number of hydrogen-bond acceptors (Lipinski definition) is 4. The van der Waals surface area contributed by atoms with Crippen LogP contribution in [0.4, 0.5) is 5.69 Å². The quantitative estimate of drug-likeness (QED) is 0.858. The molecule has 1 saturated heterocycles. The number of aromatic nitrogens is 1. The molecule has 2 fully saturated rings. The van der Waals surface area contributed by atoms with E-state index < -0.39 is 0 Å². The summed E-state index contributed by atoms with van der Waals surface area (Å²) < 4.78 is 0. The number of benzene rings is 1. The van der Waals surface area contributed by atoms with E-state index in [1.807, 2.05) is 12.1 Å². The molecule has 1 aromatic heterocycles. The number of nitrogens with zero attached hydrogens (tertiary/aromatic N) is 2. The third kappa shape index (κ3) is 4.28. The topological polar surface area (TPSA) is 45.2 Å². The molecule has 25 heavy (non-hydrogen) atoms. The highest BCUT2D eigenvalue weighted by molar-refractivity contribution is 7.13. The van der Waals surface area contributed by atoms with E-state index in [1.165, 1.54) is 55.7 Å². The van der Waals surface area contributed by atoms with Crippen molar-refractivity contribution in [3.05, 3.63) is 45.9 Å². The Morgan fingerprint density at radius 3 is 2.60 bits per heavy atom. The van der Waals surface area contributed by atoms with Crippen LogP contribution >= 0.6 is 11.3 Å². The second-order valence-electron chi connectivity index (χ2n) is 7.45. The van der Waals surface area contributed by atoms with Crippen LogP contribution in [-0.2, 0) is 6.54 Å². The van der Waals surface area contributed by atoms with Gasteiger partial charge in [-0.3, -0.25) is 9.69 Å². The maximum atomic E-state index is 12.4. The molecule has 0 spiro atoms. The van der Waals surface area contributed by atoms with Crippen LogP contribution in [0.3, 0.4) is 0 Å². The number of carbonyl (C=O) groups excluding carboxylic acids is 1. The minimum atomic E-state index is -0.0535. The average Bonchev–Trinajstić information content (AvgIpc) is 3.35. The van der Waals surface area contributed by atoms with E-state index in [0.29, 0.717) is 10.8 Å². The number of amides is 1. The van der Waals surface area contributed by atoms with Crippen molar-refractivity contribution in [2.45, 2.75) is 45.1 Å². The number of nitrogens with one attached hydrogen (secondary N) is 1. The normalized spacial score (nSPS) is 19.1. The van der Waals surface area contributed by atoms with Crippen LogP contribution in [-0.4, -0.2) is 28.9 Å². The minimum Gasteiger partial charge on any atom is -0.321 e. The highest BCUT2D eigenvalue weighted by Crippen LogP contribution is 2.41. The monoisotopic (exact) mass is 355 g/mol. The van der Waals surface area contributed by atoms with E-state index in [4.69, 9.17) is 0 Å². The predicted octanol–water partition coefficient (Wildman–Crippen LogP) is 4.50. The predicted molar refractivity (Wildman–Crippen MR) is 102 cm³/mol. The van der Waals surface area contributed by atoms with Gasteiger partial charge < -0.3 is 5.32 Å². The van der Waals surface area contributed by atoms with Crippen LogP contribution in [0, 0.1) is 5.92 Å². The first-order chi connectivity index (χ1) is 12.2. The Hall–Kier alpha value is -1.72. The zero-order valence-corrected chi connectivity index (χ0v) is 15.5. The summed E-state index contributed by atoms with van der Waals surface area (Å²) in [4.78, 5) is 20.0. The van der Waals surface area contributed by atoms with E-state index in [-0.39, 0.29) is 5.91 Å². The highest BCUT2D eigenvalue weighted by Gasteiger charge is 2.27. The van der Waals surface area contributed by atoms with Crippen LogP contribution in [0.25, 0.3) is 0 Å². The summed E-state index contributed by atoms with van der Waals surface area (Å²) in [7, 11) is 0. The van der Waals surface area contributed by atoms with Crippen LogP contribution < -0.4 is 5.32 Å². The number of thiazole rings is 1. The van der Waals surface area contributed by atoms with E-state index in [0.717, 1.165) is 23.2 Å². The second-order valence-corrected chi connectivity index (χ2v) is 8.51. The number of carbonyl (C=O) groups is 1. The van der Waals surface area contributed by atoms with Gasteiger partial charge in [0.2, 0.25) is 0 Å². The summed E-state index contributed by atoms with van der Waals surface area (Å²) in [5, 5.41) is 4.09. The van der Waals surface area contributed by atoms with Crippen molar-refractivity contribution in [1.82, 2.24) is 9.88 Å². The first kappa shape index (κ1) is 16.7. The first-order valence-electron chi connectivity index (χ1n) is 9.26. The molecule has 1 amide bonds. The van der Waals surface area contributed by atoms with Gasteiger partial charge in [0.15, 0.2) is 0 Å². The third-order valence-electron chi connectivity index (χ3n) is 5.17. The van der Waals surface area contributed by atoms with Crippen LogP contribution in [0.2, 0.25) is 0 Å². The van der Waals surface area contributed by atoms with Gasteiger partial charge >= 0.3 is 0 Å². The van der Waals surface area contributed by atoms with Gasteiger partial charge in [0.25, 0.3) is 5.91 Å². The fraction of sp³-hybridized carbons (Fsp3) is 0.500. The number of hydrogen-bond donors (Lipinski definition) is 1. The molecule has 2 aliphatic rings. The number of piperidine rings is 1. The fourth-order valence-electron chi connectivity index (χ4n) is 3.28. The molecular weight excluding hydrogens is 330 g/mol. The van der Waals surface area contributed by atoms with Gasteiger partial charge in [-0.25, -0.2) is 4.98 Å². The van der Waals surface area contributed by atoms with E-state index in [2.05, 4.69) is 34.3 Å². The van der Waals surface area contributed by atoms with Gasteiger partial charge in [-0.05, 0) is 62.4 Å². The first-order valence-corrected chi connectivity index (χ1v) is 10.1. The van der Waals surface area contributed by atoms with Gasteiger partial charge in [0, 0.05) is 18.2 Å². The van der Waals surface area contributed by atoms with Crippen molar-refractivity contribution in [1.29, 1.82) is 0 Å².